The third-order valence-corrected chi connectivity index (χ3v) is 5.91. The van der Waals surface area contributed by atoms with E-state index in [4.69, 9.17) is 9.84 Å². The van der Waals surface area contributed by atoms with E-state index in [9.17, 15) is 4.79 Å². The molecule has 160 valence electrons. The molecule has 0 radical (unpaired) electrons. The molecule has 9 heteroatoms. The number of methoxy groups -OCH3 is 1. The summed E-state index contributed by atoms with van der Waals surface area (Å²) in [6.07, 6.45) is 4.49. The Hall–Kier alpha value is -3.33. The molecule has 0 aliphatic carbocycles. The zero-order chi connectivity index (χ0) is 21.8. The maximum absolute atomic E-state index is 13.5. The largest absolute Gasteiger partial charge is 0.495 e. The van der Waals surface area contributed by atoms with Crippen LogP contribution in [0, 0.1) is 0 Å². The van der Waals surface area contributed by atoms with Crippen LogP contribution in [0.15, 0.2) is 65.2 Å². The highest BCUT2D eigenvalue weighted by molar-refractivity contribution is 7.99. The molecular formula is C22H24N6O2S. The highest BCUT2D eigenvalue weighted by Crippen LogP contribution is 2.37. The number of thioether (sulfide) groups is 1. The van der Waals surface area contributed by atoms with Gasteiger partial charge in [0.15, 0.2) is 0 Å². The molecule has 31 heavy (non-hydrogen) atoms. The fourth-order valence-electron chi connectivity index (χ4n) is 3.46. The topological polar surface area (TPSA) is 94.0 Å². The number of nitrogens with zero attached hydrogens (tertiary/aromatic N) is 4. The lowest BCUT2D eigenvalue weighted by molar-refractivity contribution is -0.113. The van der Waals surface area contributed by atoms with Crippen LogP contribution >= 0.6 is 11.8 Å². The summed E-state index contributed by atoms with van der Waals surface area (Å²) in [5.74, 6) is 1.88. The van der Waals surface area contributed by atoms with E-state index in [2.05, 4.69) is 27.5 Å². The number of rotatable bonds is 7. The number of hydrogen-bond donors (Lipinski definition) is 2. The van der Waals surface area contributed by atoms with Crippen molar-refractivity contribution in [1.29, 1.82) is 0 Å². The molecular weight excluding hydrogens is 412 g/mol. The van der Waals surface area contributed by atoms with Gasteiger partial charge in [0.1, 0.15) is 11.8 Å². The molecule has 0 saturated carbocycles. The Kier molecular flexibility index (Phi) is 6.22. The van der Waals surface area contributed by atoms with Crippen molar-refractivity contribution in [2.45, 2.75) is 31.5 Å². The molecule has 2 aromatic heterocycles. The molecule has 0 spiro atoms. The van der Waals surface area contributed by atoms with Crippen molar-refractivity contribution in [3.8, 4) is 5.75 Å². The molecule has 0 saturated heterocycles. The molecule has 3 aromatic rings. The van der Waals surface area contributed by atoms with Crippen LogP contribution in [0.1, 0.15) is 31.9 Å². The molecule has 4 rings (SSSR count). The van der Waals surface area contributed by atoms with E-state index in [1.165, 1.54) is 0 Å². The number of aromatic nitrogens is 4. The monoisotopic (exact) mass is 436 g/mol. The Labute approximate surface area is 185 Å². The smallest absolute Gasteiger partial charge is 0.255 e. The Balaban J connectivity index is 1.74. The molecule has 2 N–H and O–H groups in total. The van der Waals surface area contributed by atoms with Crippen LogP contribution < -0.4 is 15.4 Å². The van der Waals surface area contributed by atoms with Crippen molar-refractivity contribution < 1.29 is 9.53 Å². The number of amides is 1. The van der Waals surface area contributed by atoms with Crippen LogP contribution in [0.4, 0.5) is 11.6 Å². The van der Waals surface area contributed by atoms with Gasteiger partial charge in [-0.15, -0.1) is 5.10 Å². The van der Waals surface area contributed by atoms with E-state index in [0.29, 0.717) is 33.8 Å². The Morgan fingerprint density at radius 1 is 1.29 bits per heavy atom. The van der Waals surface area contributed by atoms with Gasteiger partial charge in [-0.1, -0.05) is 36.9 Å². The lowest BCUT2D eigenvalue weighted by Crippen LogP contribution is -2.31. The standard InChI is InChI=1S/C22H24N6O2S/c1-4-12-31-22-26-21-24-14(2)18(19(28(21)27-22)15-8-7-11-23-13-15)20(29)25-16-9-5-6-10-17(16)30-3/h5-11,13,19H,4,12H2,1-3H3,(H,25,29)(H,24,26,27). The third kappa shape index (κ3) is 4.27. The fraction of sp³-hybridized carbons (Fsp3) is 0.273. The average molecular weight is 437 g/mol. The normalized spacial score (nSPS) is 15.3. The number of allylic oxidation sites excluding steroid dienone is 1. The summed E-state index contributed by atoms with van der Waals surface area (Å²) in [5.41, 5.74) is 2.71. The third-order valence-electron chi connectivity index (χ3n) is 4.87. The summed E-state index contributed by atoms with van der Waals surface area (Å²) >= 11 is 1.60. The molecule has 8 nitrogen and oxygen atoms in total. The van der Waals surface area contributed by atoms with Gasteiger partial charge in [0, 0.05) is 23.8 Å². The number of anilines is 2. The predicted octanol–water partition coefficient (Wildman–Crippen LogP) is 4.11. The second kappa shape index (κ2) is 9.22. The molecule has 3 heterocycles. The maximum atomic E-state index is 13.5. The number of nitrogens with one attached hydrogen (secondary N) is 2. The van der Waals surface area contributed by atoms with E-state index in [0.717, 1.165) is 17.7 Å². The lowest BCUT2D eigenvalue weighted by atomic mass is 9.96. The van der Waals surface area contributed by atoms with Crippen LogP contribution in [0.3, 0.4) is 0 Å². The summed E-state index contributed by atoms with van der Waals surface area (Å²) in [5, 5.41) is 11.6. The van der Waals surface area contributed by atoms with E-state index in [1.807, 2.05) is 37.3 Å². The number of benzene rings is 1. The minimum atomic E-state index is -0.455. The lowest BCUT2D eigenvalue weighted by Gasteiger charge is -2.28. The zero-order valence-electron chi connectivity index (χ0n) is 17.6. The van der Waals surface area contributed by atoms with Crippen LogP contribution in [0.5, 0.6) is 5.75 Å². The Morgan fingerprint density at radius 3 is 2.87 bits per heavy atom. The Bertz CT molecular complexity index is 1110. The first kappa shape index (κ1) is 20.9. The summed E-state index contributed by atoms with van der Waals surface area (Å²) in [6.45, 7) is 3.99. The van der Waals surface area contributed by atoms with Gasteiger partial charge in [-0.3, -0.25) is 9.78 Å². The molecule has 1 aliphatic heterocycles. The minimum absolute atomic E-state index is 0.243. The molecule has 0 bridgehead atoms. The van der Waals surface area contributed by atoms with Gasteiger partial charge >= 0.3 is 0 Å². The minimum Gasteiger partial charge on any atom is -0.495 e. The van der Waals surface area contributed by atoms with E-state index in [-0.39, 0.29) is 5.91 Å². The van der Waals surface area contributed by atoms with Gasteiger partial charge in [0.25, 0.3) is 5.91 Å². The van der Waals surface area contributed by atoms with Crippen molar-refractivity contribution in [3.63, 3.8) is 0 Å². The quantitative estimate of drug-likeness (QED) is 0.538. The number of carbonyl (C=O) groups excluding carboxylic acids is 1. The number of pyridine rings is 1. The predicted molar refractivity (Wildman–Crippen MR) is 121 cm³/mol. The van der Waals surface area contributed by atoms with E-state index >= 15 is 0 Å². The van der Waals surface area contributed by atoms with Crippen molar-refractivity contribution >= 4 is 29.3 Å². The van der Waals surface area contributed by atoms with Crippen molar-refractivity contribution in [2.75, 3.05) is 23.5 Å². The Morgan fingerprint density at radius 2 is 2.13 bits per heavy atom. The van der Waals surface area contributed by atoms with Gasteiger partial charge in [-0.05, 0) is 37.1 Å². The molecule has 1 unspecified atom stereocenters. The van der Waals surface area contributed by atoms with Crippen molar-refractivity contribution in [2.24, 2.45) is 0 Å². The summed E-state index contributed by atoms with van der Waals surface area (Å²) in [7, 11) is 1.58. The van der Waals surface area contributed by atoms with Gasteiger partial charge in [-0.2, -0.15) is 4.98 Å². The first-order chi connectivity index (χ1) is 15.1. The zero-order valence-corrected chi connectivity index (χ0v) is 18.4. The second-order valence-corrected chi connectivity index (χ2v) is 8.08. The van der Waals surface area contributed by atoms with Gasteiger partial charge in [0.2, 0.25) is 11.1 Å². The van der Waals surface area contributed by atoms with Crippen molar-refractivity contribution in [3.05, 3.63) is 65.6 Å². The van der Waals surface area contributed by atoms with Gasteiger partial charge in [-0.25, -0.2) is 4.68 Å². The van der Waals surface area contributed by atoms with Crippen LogP contribution in [0.25, 0.3) is 0 Å². The van der Waals surface area contributed by atoms with Crippen molar-refractivity contribution in [1.82, 2.24) is 19.7 Å². The van der Waals surface area contributed by atoms with Crippen LogP contribution in [-0.4, -0.2) is 38.5 Å². The maximum Gasteiger partial charge on any atom is 0.255 e. The highest BCUT2D eigenvalue weighted by Gasteiger charge is 2.34. The SMILES string of the molecule is CCCSc1nc2n(n1)C(c1cccnc1)C(C(=O)Nc1ccccc1OC)=C(C)N2. The van der Waals surface area contributed by atoms with Crippen LogP contribution in [-0.2, 0) is 4.79 Å². The van der Waals surface area contributed by atoms with E-state index in [1.54, 1.807) is 42.0 Å². The fourth-order valence-corrected chi connectivity index (χ4v) is 4.15. The number of para-hydroxylation sites is 2. The molecule has 1 atom stereocenters. The molecule has 1 amide bonds. The molecule has 1 aliphatic rings. The molecule has 0 fully saturated rings. The van der Waals surface area contributed by atoms with Crippen LogP contribution in [0.2, 0.25) is 0 Å². The van der Waals surface area contributed by atoms with Gasteiger partial charge < -0.3 is 15.4 Å². The summed E-state index contributed by atoms with van der Waals surface area (Å²) in [6, 6.07) is 10.7. The first-order valence-corrected chi connectivity index (χ1v) is 11.0. The number of fused-ring (bicyclic) bond motifs is 1. The van der Waals surface area contributed by atoms with Gasteiger partial charge in [0.05, 0.1) is 18.4 Å². The highest BCUT2D eigenvalue weighted by atomic mass is 32.2. The summed E-state index contributed by atoms with van der Waals surface area (Å²) < 4.78 is 7.15. The summed E-state index contributed by atoms with van der Waals surface area (Å²) in [4.78, 5) is 22.3. The first-order valence-electron chi connectivity index (χ1n) is 10.0. The number of carbonyl (C=O) groups is 1. The second-order valence-electron chi connectivity index (χ2n) is 7.02. The number of hydrogen-bond acceptors (Lipinski definition) is 7. The average Bonchev–Trinajstić information content (AvgIpc) is 3.19. The molecule has 1 aromatic carbocycles. The van der Waals surface area contributed by atoms with E-state index < -0.39 is 6.04 Å². The number of ether oxygens (including phenoxy) is 1.